The predicted octanol–water partition coefficient (Wildman–Crippen LogP) is 2.05. The molecule has 0 radical (unpaired) electrons. The normalized spacial score (nSPS) is 32.3. The SMILES string of the molecule is CCO[Si](OCC1CCCO1)(OCC1CCCO1)OCC1CCCO1. The quantitative estimate of drug-likeness (QED) is 0.511. The van der Waals surface area contributed by atoms with Crippen LogP contribution in [0, 0.1) is 0 Å². The van der Waals surface area contributed by atoms with Crippen molar-refractivity contribution in [3.63, 3.8) is 0 Å². The molecule has 0 amide bonds. The minimum Gasteiger partial charge on any atom is -0.376 e. The highest BCUT2D eigenvalue weighted by Crippen LogP contribution is 2.22. The van der Waals surface area contributed by atoms with Gasteiger partial charge in [0.05, 0.1) is 38.1 Å². The predicted molar refractivity (Wildman–Crippen MR) is 92.2 cm³/mol. The first-order valence-electron chi connectivity index (χ1n) is 9.70. The summed E-state index contributed by atoms with van der Waals surface area (Å²) >= 11 is 0. The smallest absolute Gasteiger partial charge is 0.376 e. The Morgan fingerprint density at radius 1 is 0.680 bits per heavy atom. The zero-order valence-electron chi connectivity index (χ0n) is 15.3. The van der Waals surface area contributed by atoms with Gasteiger partial charge in [-0.25, -0.2) is 0 Å². The lowest BCUT2D eigenvalue weighted by atomic mass is 10.2. The molecule has 0 aliphatic carbocycles. The molecule has 3 fully saturated rings. The highest BCUT2D eigenvalue weighted by molar-refractivity contribution is 6.53. The second-order valence-electron chi connectivity index (χ2n) is 6.77. The summed E-state index contributed by atoms with van der Waals surface area (Å²) in [5.41, 5.74) is 0. The van der Waals surface area contributed by atoms with Crippen LogP contribution in [0.25, 0.3) is 0 Å². The Balaban J connectivity index is 1.56. The summed E-state index contributed by atoms with van der Waals surface area (Å²) < 4.78 is 41.2. The second kappa shape index (κ2) is 10.3. The number of hydrogen-bond donors (Lipinski definition) is 0. The van der Waals surface area contributed by atoms with E-state index in [0.29, 0.717) is 26.4 Å². The van der Waals surface area contributed by atoms with Gasteiger partial charge in [-0.2, -0.15) is 0 Å². The van der Waals surface area contributed by atoms with Crippen LogP contribution in [0.15, 0.2) is 0 Å². The largest absolute Gasteiger partial charge is 0.679 e. The molecule has 0 saturated carbocycles. The van der Waals surface area contributed by atoms with Crippen molar-refractivity contribution in [3.8, 4) is 0 Å². The Hall–Kier alpha value is -0.0631. The van der Waals surface area contributed by atoms with Gasteiger partial charge in [0.25, 0.3) is 0 Å². The van der Waals surface area contributed by atoms with Crippen LogP contribution in [0.1, 0.15) is 45.4 Å². The van der Waals surface area contributed by atoms with Gasteiger partial charge in [-0.15, -0.1) is 0 Å². The maximum absolute atomic E-state index is 6.11. The fraction of sp³-hybridized carbons (Fsp3) is 1.00. The summed E-state index contributed by atoms with van der Waals surface area (Å²) in [6.45, 7) is 6.15. The summed E-state index contributed by atoms with van der Waals surface area (Å²) in [4.78, 5) is 0. The average Bonchev–Trinajstić information content (AvgIpc) is 3.40. The van der Waals surface area contributed by atoms with Crippen molar-refractivity contribution in [1.82, 2.24) is 0 Å². The van der Waals surface area contributed by atoms with Crippen LogP contribution >= 0.6 is 0 Å². The van der Waals surface area contributed by atoms with Crippen LogP contribution in [-0.2, 0) is 31.9 Å². The first kappa shape index (κ1) is 19.7. The van der Waals surface area contributed by atoms with Gasteiger partial charge >= 0.3 is 9.05 Å². The molecule has 0 aromatic heterocycles. The highest BCUT2D eigenvalue weighted by atomic mass is 28.4. The fourth-order valence-electron chi connectivity index (χ4n) is 3.34. The number of rotatable bonds is 11. The molecular formula is C17H32O7Si. The van der Waals surface area contributed by atoms with Crippen LogP contribution in [0.2, 0.25) is 0 Å². The molecule has 0 aromatic rings. The molecule has 3 aliphatic heterocycles. The van der Waals surface area contributed by atoms with E-state index >= 15 is 0 Å². The maximum Gasteiger partial charge on any atom is 0.679 e. The summed E-state index contributed by atoms with van der Waals surface area (Å²) in [6.07, 6.45) is 6.55. The third-order valence-corrected chi connectivity index (χ3v) is 6.93. The first-order chi connectivity index (χ1) is 12.3. The fourth-order valence-corrected chi connectivity index (χ4v) is 5.36. The van der Waals surface area contributed by atoms with E-state index in [1.54, 1.807) is 0 Å². The van der Waals surface area contributed by atoms with E-state index in [2.05, 4.69) is 0 Å². The lowest BCUT2D eigenvalue weighted by molar-refractivity contribution is -0.0796. The zero-order chi connectivity index (χ0) is 17.4. The van der Waals surface area contributed by atoms with Gasteiger partial charge in [0, 0.05) is 26.4 Å². The molecule has 3 atom stereocenters. The molecule has 8 heteroatoms. The van der Waals surface area contributed by atoms with E-state index in [1.807, 2.05) is 6.92 Å². The molecule has 0 aromatic carbocycles. The molecule has 25 heavy (non-hydrogen) atoms. The highest BCUT2D eigenvalue weighted by Gasteiger charge is 2.48. The van der Waals surface area contributed by atoms with E-state index in [1.165, 1.54) is 0 Å². The first-order valence-corrected chi connectivity index (χ1v) is 11.3. The van der Waals surface area contributed by atoms with Crippen LogP contribution < -0.4 is 0 Å². The molecule has 3 rings (SSSR count). The van der Waals surface area contributed by atoms with Crippen LogP contribution in [0.5, 0.6) is 0 Å². The molecule has 3 heterocycles. The van der Waals surface area contributed by atoms with Crippen molar-refractivity contribution in [2.45, 2.75) is 63.8 Å². The third kappa shape index (κ3) is 6.25. The van der Waals surface area contributed by atoms with Crippen molar-refractivity contribution in [1.29, 1.82) is 0 Å². The standard InChI is InChI=1S/C17H32O7Si/c1-2-21-25(22-12-15-6-3-9-18-15,23-13-16-7-4-10-19-16)24-14-17-8-5-11-20-17/h15-17H,2-14H2,1H3. The van der Waals surface area contributed by atoms with E-state index < -0.39 is 9.05 Å². The summed E-state index contributed by atoms with van der Waals surface area (Å²) in [6, 6.07) is 0. The van der Waals surface area contributed by atoms with Gasteiger partial charge in [-0.05, 0) is 45.4 Å². The van der Waals surface area contributed by atoms with Gasteiger partial charge in [0.2, 0.25) is 0 Å². The Labute approximate surface area is 151 Å². The average molecular weight is 377 g/mol. The Kier molecular flexibility index (Phi) is 8.13. The van der Waals surface area contributed by atoms with Crippen LogP contribution in [-0.4, -0.2) is 73.6 Å². The van der Waals surface area contributed by atoms with Crippen molar-refractivity contribution in [3.05, 3.63) is 0 Å². The topological polar surface area (TPSA) is 64.6 Å². The summed E-state index contributed by atoms with van der Waals surface area (Å²) in [7, 11) is -3.24. The van der Waals surface area contributed by atoms with Gasteiger partial charge in [-0.3, -0.25) is 0 Å². The summed E-state index contributed by atoms with van der Waals surface area (Å²) in [5.74, 6) is 0. The third-order valence-electron chi connectivity index (χ3n) is 4.73. The van der Waals surface area contributed by atoms with Gasteiger partial charge in [0.15, 0.2) is 0 Å². The van der Waals surface area contributed by atoms with Crippen LogP contribution in [0.3, 0.4) is 0 Å². The Morgan fingerprint density at radius 2 is 1.08 bits per heavy atom. The molecule has 3 saturated heterocycles. The van der Waals surface area contributed by atoms with Gasteiger partial charge < -0.3 is 31.9 Å². The van der Waals surface area contributed by atoms with Crippen molar-refractivity contribution in [2.75, 3.05) is 46.2 Å². The van der Waals surface area contributed by atoms with E-state index in [4.69, 9.17) is 31.9 Å². The molecule has 3 unspecified atom stereocenters. The minimum absolute atomic E-state index is 0.102. The van der Waals surface area contributed by atoms with E-state index in [9.17, 15) is 0 Å². The lowest BCUT2D eigenvalue weighted by Gasteiger charge is -2.30. The number of hydrogen-bond acceptors (Lipinski definition) is 7. The molecule has 3 aliphatic rings. The van der Waals surface area contributed by atoms with Crippen molar-refractivity contribution >= 4 is 9.05 Å². The minimum atomic E-state index is -3.24. The molecule has 0 spiro atoms. The zero-order valence-corrected chi connectivity index (χ0v) is 16.3. The maximum atomic E-state index is 6.11. The second-order valence-corrected chi connectivity index (χ2v) is 8.93. The van der Waals surface area contributed by atoms with Gasteiger partial charge in [0.1, 0.15) is 0 Å². The van der Waals surface area contributed by atoms with E-state index in [0.717, 1.165) is 58.3 Å². The Bertz CT molecular complexity index is 316. The molecule has 0 N–H and O–H groups in total. The summed E-state index contributed by atoms with van der Waals surface area (Å²) in [5, 5.41) is 0. The lowest BCUT2D eigenvalue weighted by Crippen LogP contribution is -2.52. The van der Waals surface area contributed by atoms with E-state index in [-0.39, 0.29) is 18.3 Å². The van der Waals surface area contributed by atoms with Crippen molar-refractivity contribution < 1.29 is 31.9 Å². The Morgan fingerprint density at radius 3 is 1.36 bits per heavy atom. The monoisotopic (exact) mass is 376 g/mol. The molecule has 7 nitrogen and oxygen atoms in total. The number of ether oxygens (including phenoxy) is 3. The molecular weight excluding hydrogens is 344 g/mol. The molecule has 0 bridgehead atoms. The van der Waals surface area contributed by atoms with Crippen LogP contribution in [0.4, 0.5) is 0 Å². The van der Waals surface area contributed by atoms with Crippen molar-refractivity contribution in [2.24, 2.45) is 0 Å². The molecule has 146 valence electrons. The van der Waals surface area contributed by atoms with Gasteiger partial charge in [-0.1, -0.05) is 0 Å².